The van der Waals surface area contributed by atoms with Crippen molar-refractivity contribution in [2.75, 3.05) is 6.54 Å². The van der Waals surface area contributed by atoms with E-state index in [2.05, 4.69) is 25.5 Å². The number of nitrogens with two attached hydrogens (primary N) is 1. The first-order valence-corrected chi connectivity index (χ1v) is 5.14. The number of hydrogen-bond donors (Lipinski definition) is 1. The molecule has 8 heteroatoms. The van der Waals surface area contributed by atoms with Gasteiger partial charge in [-0.15, -0.1) is 15.3 Å². The molecule has 2 N–H and O–H groups in total. The summed E-state index contributed by atoms with van der Waals surface area (Å²) < 4.78 is 3.49. The number of aromatic nitrogens is 7. The molecule has 0 aliphatic carbocycles. The summed E-state index contributed by atoms with van der Waals surface area (Å²) >= 11 is 0. The maximum absolute atomic E-state index is 5.45. The molecule has 3 heterocycles. The highest BCUT2D eigenvalue weighted by Crippen LogP contribution is 2.13. The normalized spacial score (nSPS) is 11.1. The van der Waals surface area contributed by atoms with E-state index in [1.165, 1.54) is 0 Å². The SMILES string of the molecule is NCCn1cc(-c2nnc3cnccn23)nn1. The van der Waals surface area contributed by atoms with E-state index < -0.39 is 0 Å². The zero-order chi connectivity index (χ0) is 11.7. The standard InChI is InChI=1S/C9H10N8/c10-1-3-16-6-7(12-15-16)9-14-13-8-5-11-2-4-17(8)9/h2,4-6H,1,3,10H2. The molecule has 0 atom stereocenters. The van der Waals surface area contributed by atoms with E-state index >= 15 is 0 Å². The van der Waals surface area contributed by atoms with Crippen molar-refractivity contribution in [1.29, 1.82) is 0 Å². The molecule has 0 saturated carbocycles. The predicted octanol–water partition coefficient (Wildman–Crippen LogP) is -0.659. The molecule has 3 aromatic heterocycles. The van der Waals surface area contributed by atoms with Gasteiger partial charge in [-0.2, -0.15) is 0 Å². The molecule has 86 valence electrons. The van der Waals surface area contributed by atoms with E-state index in [9.17, 15) is 0 Å². The third-order valence-corrected chi connectivity index (χ3v) is 2.34. The molecule has 0 saturated heterocycles. The molecule has 0 unspecified atom stereocenters. The molecule has 3 aromatic rings. The van der Waals surface area contributed by atoms with Gasteiger partial charge in [-0.05, 0) is 0 Å². The van der Waals surface area contributed by atoms with Crippen molar-refractivity contribution in [2.24, 2.45) is 5.73 Å². The Kier molecular flexibility index (Phi) is 2.26. The van der Waals surface area contributed by atoms with Gasteiger partial charge in [0.15, 0.2) is 17.2 Å². The molecule has 8 nitrogen and oxygen atoms in total. The first kappa shape index (κ1) is 9.85. The molecule has 0 aliphatic heterocycles. The van der Waals surface area contributed by atoms with Crippen molar-refractivity contribution in [3.8, 4) is 11.5 Å². The number of nitrogens with zero attached hydrogens (tertiary/aromatic N) is 7. The summed E-state index contributed by atoms with van der Waals surface area (Å²) in [6.45, 7) is 1.15. The van der Waals surface area contributed by atoms with E-state index in [0.29, 0.717) is 30.3 Å². The monoisotopic (exact) mass is 230 g/mol. The minimum absolute atomic E-state index is 0.521. The van der Waals surface area contributed by atoms with Gasteiger partial charge in [0, 0.05) is 18.9 Å². The number of fused-ring (bicyclic) bond motifs is 1. The van der Waals surface area contributed by atoms with Crippen molar-refractivity contribution < 1.29 is 0 Å². The molecule has 0 radical (unpaired) electrons. The van der Waals surface area contributed by atoms with Gasteiger partial charge in [-0.25, -0.2) is 0 Å². The average Bonchev–Trinajstić information content (AvgIpc) is 2.95. The number of hydrogen-bond acceptors (Lipinski definition) is 6. The molecule has 3 rings (SSSR count). The molecule has 0 bridgehead atoms. The molecule has 0 fully saturated rings. The second-order valence-corrected chi connectivity index (χ2v) is 3.48. The van der Waals surface area contributed by atoms with Crippen LogP contribution in [-0.4, -0.2) is 41.1 Å². The molecule has 0 aliphatic rings. The van der Waals surface area contributed by atoms with E-state index in [4.69, 9.17) is 5.73 Å². The second-order valence-electron chi connectivity index (χ2n) is 3.48. The van der Waals surface area contributed by atoms with Crippen molar-refractivity contribution >= 4 is 5.65 Å². The van der Waals surface area contributed by atoms with Crippen LogP contribution in [0.3, 0.4) is 0 Å². The topological polar surface area (TPSA) is 99.8 Å². The minimum atomic E-state index is 0.521. The third kappa shape index (κ3) is 1.64. The van der Waals surface area contributed by atoms with Gasteiger partial charge in [-0.1, -0.05) is 5.21 Å². The Morgan fingerprint density at radius 2 is 2.18 bits per heavy atom. The van der Waals surface area contributed by atoms with Crippen LogP contribution in [0.1, 0.15) is 0 Å². The predicted molar refractivity (Wildman–Crippen MR) is 58.9 cm³/mol. The van der Waals surface area contributed by atoms with Crippen molar-refractivity contribution in [2.45, 2.75) is 6.54 Å². The summed E-state index contributed by atoms with van der Waals surface area (Å²) in [4.78, 5) is 3.97. The zero-order valence-electron chi connectivity index (χ0n) is 8.93. The largest absolute Gasteiger partial charge is 0.329 e. The van der Waals surface area contributed by atoms with Gasteiger partial charge >= 0.3 is 0 Å². The smallest absolute Gasteiger partial charge is 0.190 e. The van der Waals surface area contributed by atoms with E-state index in [1.54, 1.807) is 29.5 Å². The maximum Gasteiger partial charge on any atom is 0.190 e. The lowest BCUT2D eigenvalue weighted by molar-refractivity contribution is 0.598. The van der Waals surface area contributed by atoms with Gasteiger partial charge in [0.05, 0.1) is 18.9 Å². The molecule has 17 heavy (non-hydrogen) atoms. The van der Waals surface area contributed by atoms with E-state index in [-0.39, 0.29) is 0 Å². The van der Waals surface area contributed by atoms with Crippen LogP contribution in [0.2, 0.25) is 0 Å². The molecule has 0 amide bonds. The fourth-order valence-electron chi connectivity index (χ4n) is 1.57. The summed E-state index contributed by atoms with van der Waals surface area (Å²) in [5.74, 6) is 0.644. The second kappa shape index (κ2) is 3.91. The fraction of sp³-hybridized carbons (Fsp3) is 0.222. The van der Waals surface area contributed by atoms with E-state index in [1.807, 2.05) is 4.40 Å². The highest BCUT2D eigenvalue weighted by molar-refractivity contribution is 5.52. The zero-order valence-corrected chi connectivity index (χ0v) is 8.93. The number of rotatable bonds is 3. The molecular formula is C9H10N8. The lowest BCUT2D eigenvalue weighted by atomic mass is 10.4. The molecule has 0 aromatic carbocycles. The van der Waals surface area contributed by atoms with Crippen LogP contribution in [0.5, 0.6) is 0 Å². The Morgan fingerprint density at radius 1 is 1.24 bits per heavy atom. The Balaban J connectivity index is 2.07. The van der Waals surface area contributed by atoms with Crippen LogP contribution in [0.4, 0.5) is 0 Å². The molecular weight excluding hydrogens is 220 g/mol. The minimum Gasteiger partial charge on any atom is -0.329 e. The summed E-state index contributed by atoms with van der Waals surface area (Å²) in [5.41, 5.74) is 6.79. The summed E-state index contributed by atoms with van der Waals surface area (Å²) in [6.07, 6.45) is 6.89. The van der Waals surface area contributed by atoms with Crippen molar-refractivity contribution in [3.63, 3.8) is 0 Å². The van der Waals surface area contributed by atoms with E-state index in [0.717, 1.165) is 0 Å². The summed E-state index contributed by atoms with van der Waals surface area (Å²) in [5, 5.41) is 16.1. The van der Waals surface area contributed by atoms with Crippen molar-refractivity contribution in [1.82, 2.24) is 34.6 Å². The fourth-order valence-corrected chi connectivity index (χ4v) is 1.57. The van der Waals surface area contributed by atoms with Gasteiger partial charge < -0.3 is 5.73 Å². The summed E-state index contributed by atoms with van der Waals surface area (Å²) in [7, 11) is 0. The van der Waals surface area contributed by atoms with Crippen LogP contribution < -0.4 is 5.73 Å². The van der Waals surface area contributed by atoms with Gasteiger partial charge in [0.1, 0.15) is 0 Å². The van der Waals surface area contributed by atoms with Crippen LogP contribution in [0, 0.1) is 0 Å². The van der Waals surface area contributed by atoms with Crippen LogP contribution in [-0.2, 0) is 6.54 Å². The highest BCUT2D eigenvalue weighted by atomic mass is 15.4. The van der Waals surface area contributed by atoms with Crippen LogP contribution >= 0.6 is 0 Å². The third-order valence-electron chi connectivity index (χ3n) is 2.34. The van der Waals surface area contributed by atoms with Gasteiger partial charge in [0.2, 0.25) is 0 Å². The van der Waals surface area contributed by atoms with Gasteiger partial charge in [-0.3, -0.25) is 14.1 Å². The van der Waals surface area contributed by atoms with Gasteiger partial charge in [0.25, 0.3) is 0 Å². The Morgan fingerprint density at radius 3 is 3.06 bits per heavy atom. The quantitative estimate of drug-likeness (QED) is 0.641. The Hall–Kier alpha value is -2.35. The average molecular weight is 230 g/mol. The first-order valence-electron chi connectivity index (χ1n) is 5.14. The Bertz CT molecular complexity index is 639. The van der Waals surface area contributed by atoms with Crippen LogP contribution in [0.25, 0.3) is 17.2 Å². The highest BCUT2D eigenvalue weighted by Gasteiger charge is 2.11. The first-order chi connectivity index (χ1) is 8.38. The van der Waals surface area contributed by atoms with Crippen LogP contribution in [0.15, 0.2) is 24.8 Å². The lowest BCUT2D eigenvalue weighted by Crippen LogP contribution is -2.10. The lowest BCUT2D eigenvalue weighted by Gasteiger charge is -1.94. The Labute approximate surface area is 96.1 Å². The van der Waals surface area contributed by atoms with Crippen molar-refractivity contribution in [3.05, 3.63) is 24.8 Å². The maximum atomic E-state index is 5.45. The molecule has 0 spiro atoms. The summed E-state index contributed by atoms with van der Waals surface area (Å²) in [6, 6.07) is 0.